The van der Waals surface area contributed by atoms with Gasteiger partial charge in [-0.25, -0.2) is 9.50 Å². The summed E-state index contributed by atoms with van der Waals surface area (Å²) in [5.41, 5.74) is 1.77. The highest BCUT2D eigenvalue weighted by atomic mass is 16.5. The van der Waals surface area contributed by atoms with Crippen molar-refractivity contribution >= 4 is 11.7 Å². The third-order valence-electron chi connectivity index (χ3n) is 5.26. The van der Waals surface area contributed by atoms with E-state index in [1.54, 1.807) is 17.8 Å². The molecule has 1 aliphatic rings. The molecule has 2 heterocycles. The van der Waals surface area contributed by atoms with Crippen molar-refractivity contribution in [2.75, 3.05) is 7.11 Å². The fraction of sp³-hybridized carbons (Fsp3) is 0.429. The second kappa shape index (κ2) is 8.06. The molecule has 2 aromatic heterocycles. The number of hydrogen-bond acceptors (Lipinski definition) is 6. The molecule has 1 fully saturated rings. The molecule has 1 unspecified atom stereocenters. The molecule has 0 radical (unpaired) electrons. The summed E-state index contributed by atoms with van der Waals surface area (Å²) in [4.78, 5) is 21.0. The van der Waals surface area contributed by atoms with E-state index in [4.69, 9.17) is 9.47 Å². The summed E-state index contributed by atoms with van der Waals surface area (Å²) in [5.74, 6) is 1.55. The Labute approximate surface area is 169 Å². The molecule has 1 amide bonds. The van der Waals surface area contributed by atoms with Gasteiger partial charge in [0.2, 0.25) is 5.82 Å². The first-order valence-electron chi connectivity index (χ1n) is 9.89. The number of hydrogen-bond donors (Lipinski definition) is 1. The van der Waals surface area contributed by atoms with Crippen molar-refractivity contribution in [1.29, 1.82) is 0 Å². The number of aromatic nitrogens is 4. The van der Waals surface area contributed by atoms with Crippen LogP contribution in [-0.2, 0) is 0 Å². The van der Waals surface area contributed by atoms with E-state index in [0.29, 0.717) is 11.5 Å². The molecule has 8 nitrogen and oxygen atoms in total. The number of carbonyl (C=O) groups is 1. The summed E-state index contributed by atoms with van der Waals surface area (Å²) in [6, 6.07) is 7.31. The molecule has 1 aromatic carbocycles. The molecule has 29 heavy (non-hydrogen) atoms. The van der Waals surface area contributed by atoms with Gasteiger partial charge in [-0.15, -0.1) is 5.10 Å². The predicted molar refractivity (Wildman–Crippen MR) is 107 cm³/mol. The predicted octanol–water partition coefficient (Wildman–Crippen LogP) is 3.25. The lowest BCUT2D eigenvalue weighted by molar-refractivity contribution is 0.0929. The number of nitrogens with one attached hydrogen (secondary N) is 1. The molecule has 1 aliphatic carbocycles. The van der Waals surface area contributed by atoms with Crippen LogP contribution in [0, 0.1) is 6.92 Å². The van der Waals surface area contributed by atoms with E-state index >= 15 is 0 Å². The lowest BCUT2D eigenvalue weighted by Crippen LogP contribution is -2.27. The van der Waals surface area contributed by atoms with E-state index in [0.717, 1.165) is 29.8 Å². The molecule has 0 bridgehead atoms. The number of nitrogens with zero attached hydrogens (tertiary/aromatic N) is 4. The number of rotatable bonds is 6. The summed E-state index contributed by atoms with van der Waals surface area (Å²) in [6.45, 7) is 3.79. The smallest absolute Gasteiger partial charge is 0.291 e. The van der Waals surface area contributed by atoms with Crippen molar-refractivity contribution in [2.24, 2.45) is 0 Å². The highest BCUT2D eigenvalue weighted by Gasteiger charge is 2.21. The Hall–Kier alpha value is -3.16. The second-order valence-corrected chi connectivity index (χ2v) is 7.36. The molecule has 0 spiro atoms. The summed E-state index contributed by atoms with van der Waals surface area (Å²) >= 11 is 0. The fourth-order valence-electron chi connectivity index (χ4n) is 3.58. The molecular formula is C21H25N5O3. The van der Waals surface area contributed by atoms with Crippen LogP contribution in [0.5, 0.6) is 11.5 Å². The minimum atomic E-state index is -0.354. The Bertz CT molecular complexity index is 1030. The third kappa shape index (κ3) is 4.01. The van der Waals surface area contributed by atoms with Crippen LogP contribution < -0.4 is 14.8 Å². The van der Waals surface area contributed by atoms with Gasteiger partial charge in [0.1, 0.15) is 0 Å². The molecule has 0 saturated heterocycles. The van der Waals surface area contributed by atoms with E-state index in [9.17, 15) is 4.79 Å². The lowest BCUT2D eigenvalue weighted by atomic mass is 10.1. The SMILES string of the molecule is COc1cc(C(C)NC(=O)c2nc3nccc(C)n3n2)ccc1OC1CCCC1. The van der Waals surface area contributed by atoms with Crippen LogP contribution in [0.1, 0.15) is 60.5 Å². The molecule has 8 heteroatoms. The van der Waals surface area contributed by atoms with Crippen molar-refractivity contribution in [3.05, 3.63) is 47.5 Å². The van der Waals surface area contributed by atoms with Crippen LogP contribution in [0.4, 0.5) is 0 Å². The lowest BCUT2D eigenvalue weighted by Gasteiger charge is -2.19. The number of ether oxygens (including phenoxy) is 2. The number of methoxy groups -OCH3 is 1. The van der Waals surface area contributed by atoms with Crippen molar-refractivity contribution < 1.29 is 14.3 Å². The number of aryl methyl sites for hydroxylation is 1. The Kier molecular flexibility index (Phi) is 5.33. The van der Waals surface area contributed by atoms with Gasteiger partial charge in [-0.2, -0.15) is 4.98 Å². The van der Waals surface area contributed by atoms with Crippen molar-refractivity contribution in [3.63, 3.8) is 0 Å². The van der Waals surface area contributed by atoms with Gasteiger partial charge in [0.25, 0.3) is 11.7 Å². The molecule has 3 aromatic rings. The van der Waals surface area contributed by atoms with Gasteiger partial charge < -0.3 is 14.8 Å². The van der Waals surface area contributed by atoms with Gasteiger partial charge in [0.05, 0.1) is 19.3 Å². The van der Waals surface area contributed by atoms with E-state index in [2.05, 4.69) is 20.4 Å². The standard InChI is InChI=1S/C21H25N5O3/c1-13-10-11-22-21-24-19(25-26(13)21)20(27)23-14(2)15-8-9-17(18(12-15)28-3)29-16-6-4-5-7-16/h8-12,14,16H,4-7H2,1-3H3,(H,23,27). The number of benzene rings is 1. The minimum absolute atomic E-state index is 0.0896. The van der Waals surface area contributed by atoms with Crippen LogP contribution in [0.25, 0.3) is 5.78 Å². The zero-order valence-electron chi connectivity index (χ0n) is 16.9. The van der Waals surface area contributed by atoms with Crippen molar-refractivity contribution in [3.8, 4) is 11.5 Å². The van der Waals surface area contributed by atoms with Gasteiger partial charge in [0, 0.05) is 11.9 Å². The topological polar surface area (TPSA) is 90.6 Å². The van der Waals surface area contributed by atoms with Gasteiger partial charge in [-0.3, -0.25) is 4.79 Å². The average molecular weight is 395 g/mol. The second-order valence-electron chi connectivity index (χ2n) is 7.36. The number of carbonyl (C=O) groups excluding carboxylic acids is 1. The van der Waals surface area contributed by atoms with Crippen LogP contribution in [0.3, 0.4) is 0 Å². The molecule has 4 rings (SSSR count). The number of fused-ring (bicyclic) bond motifs is 1. The van der Waals surface area contributed by atoms with Crippen LogP contribution in [0.2, 0.25) is 0 Å². The minimum Gasteiger partial charge on any atom is -0.493 e. The van der Waals surface area contributed by atoms with Crippen LogP contribution in [-0.4, -0.2) is 38.7 Å². The molecule has 1 atom stereocenters. The molecule has 1 saturated carbocycles. The van der Waals surface area contributed by atoms with Gasteiger partial charge >= 0.3 is 0 Å². The summed E-state index contributed by atoms with van der Waals surface area (Å²) in [5, 5.41) is 7.19. The van der Waals surface area contributed by atoms with Crippen LogP contribution >= 0.6 is 0 Å². The van der Waals surface area contributed by atoms with Crippen LogP contribution in [0.15, 0.2) is 30.5 Å². The Morgan fingerprint density at radius 1 is 1.24 bits per heavy atom. The molecular weight excluding hydrogens is 370 g/mol. The first kappa shape index (κ1) is 19.2. The molecule has 1 N–H and O–H groups in total. The third-order valence-corrected chi connectivity index (χ3v) is 5.26. The zero-order chi connectivity index (χ0) is 20.4. The fourth-order valence-corrected chi connectivity index (χ4v) is 3.58. The molecule has 0 aliphatic heterocycles. The van der Waals surface area contributed by atoms with Gasteiger partial charge in [-0.05, 0) is 63.3 Å². The first-order chi connectivity index (χ1) is 14.0. The zero-order valence-corrected chi connectivity index (χ0v) is 16.9. The van der Waals surface area contributed by atoms with Gasteiger partial charge in [0.15, 0.2) is 11.5 Å². The monoisotopic (exact) mass is 395 g/mol. The maximum absolute atomic E-state index is 12.6. The highest BCUT2D eigenvalue weighted by Crippen LogP contribution is 2.33. The Balaban J connectivity index is 1.48. The normalized spacial score (nSPS) is 15.4. The summed E-state index contributed by atoms with van der Waals surface area (Å²) < 4.78 is 13.2. The summed E-state index contributed by atoms with van der Waals surface area (Å²) in [7, 11) is 1.62. The maximum atomic E-state index is 12.6. The quantitative estimate of drug-likeness (QED) is 0.689. The average Bonchev–Trinajstić information content (AvgIpc) is 3.38. The van der Waals surface area contributed by atoms with E-state index in [1.807, 2.05) is 38.1 Å². The number of amides is 1. The molecule has 152 valence electrons. The van der Waals surface area contributed by atoms with Crippen molar-refractivity contribution in [2.45, 2.75) is 51.7 Å². The Morgan fingerprint density at radius 2 is 2.03 bits per heavy atom. The van der Waals surface area contributed by atoms with E-state index in [-0.39, 0.29) is 23.9 Å². The summed E-state index contributed by atoms with van der Waals surface area (Å²) in [6.07, 6.45) is 6.48. The maximum Gasteiger partial charge on any atom is 0.291 e. The van der Waals surface area contributed by atoms with Gasteiger partial charge in [-0.1, -0.05) is 6.07 Å². The Morgan fingerprint density at radius 3 is 2.76 bits per heavy atom. The van der Waals surface area contributed by atoms with Crippen molar-refractivity contribution in [1.82, 2.24) is 24.9 Å². The van der Waals surface area contributed by atoms with E-state index < -0.39 is 0 Å². The highest BCUT2D eigenvalue weighted by molar-refractivity contribution is 5.91. The first-order valence-corrected chi connectivity index (χ1v) is 9.89. The largest absolute Gasteiger partial charge is 0.493 e. The van der Waals surface area contributed by atoms with E-state index in [1.165, 1.54) is 12.8 Å².